The SMILES string of the molecule is CC(=O)N1CC(C(=O)N2CCCC(N)C2COC2CCC(C(C)C)CC2)C1. The van der Waals surface area contributed by atoms with Gasteiger partial charge in [-0.15, -0.1) is 0 Å². The minimum absolute atomic E-state index is 0.0151. The van der Waals surface area contributed by atoms with Crippen LogP contribution in [0, 0.1) is 17.8 Å². The van der Waals surface area contributed by atoms with Gasteiger partial charge in [-0.1, -0.05) is 13.8 Å². The molecule has 1 aliphatic carbocycles. The number of ether oxygens (including phenoxy) is 1. The molecule has 2 saturated heterocycles. The van der Waals surface area contributed by atoms with Gasteiger partial charge in [0.05, 0.1) is 24.7 Å². The largest absolute Gasteiger partial charge is 0.376 e. The Kier molecular flexibility index (Phi) is 6.79. The zero-order chi connectivity index (χ0) is 19.6. The Labute approximate surface area is 163 Å². The number of carbonyl (C=O) groups excluding carboxylic acids is 2. The van der Waals surface area contributed by atoms with Crippen LogP contribution in [0.15, 0.2) is 0 Å². The third kappa shape index (κ3) is 4.83. The Balaban J connectivity index is 1.51. The maximum atomic E-state index is 13.0. The van der Waals surface area contributed by atoms with Gasteiger partial charge in [-0.25, -0.2) is 0 Å². The molecular formula is C21H37N3O3. The van der Waals surface area contributed by atoms with Crippen LogP contribution < -0.4 is 5.73 Å². The van der Waals surface area contributed by atoms with Gasteiger partial charge >= 0.3 is 0 Å². The summed E-state index contributed by atoms with van der Waals surface area (Å²) in [7, 11) is 0. The highest BCUT2D eigenvalue weighted by atomic mass is 16.5. The van der Waals surface area contributed by atoms with Crippen molar-refractivity contribution in [1.29, 1.82) is 0 Å². The minimum Gasteiger partial charge on any atom is -0.376 e. The van der Waals surface area contributed by atoms with Gasteiger partial charge in [0, 0.05) is 32.6 Å². The predicted octanol–water partition coefficient (Wildman–Crippen LogP) is 2.01. The summed E-state index contributed by atoms with van der Waals surface area (Å²) in [6, 6.07) is -0.0425. The van der Waals surface area contributed by atoms with E-state index in [2.05, 4.69) is 13.8 Å². The smallest absolute Gasteiger partial charge is 0.229 e. The third-order valence-corrected chi connectivity index (χ3v) is 6.95. The predicted molar refractivity (Wildman–Crippen MR) is 105 cm³/mol. The lowest BCUT2D eigenvalue weighted by Gasteiger charge is -2.45. The molecule has 1 saturated carbocycles. The lowest BCUT2D eigenvalue weighted by atomic mass is 9.80. The molecule has 2 N–H and O–H groups in total. The highest BCUT2D eigenvalue weighted by Gasteiger charge is 2.41. The lowest BCUT2D eigenvalue weighted by molar-refractivity contribution is -0.152. The highest BCUT2D eigenvalue weighted by molar-refractivity contribution is 5.84. The lowest BCUT2D eigenvalue weighted by Crippen LogP contribution is -2.62. The van der Waals surface area contributed by atoms with Crippen LogP contribution in [0.5, 0.6) is 0 Å². The van der Waals surface area contributed by atoms with Crippen molar-refractivity contribution in [3.8, 4) is 0 Å². The van der Waals surface area contributed by atoms with Gasteiger partial charge < -0.3 is 20.3 Å². The first-order valence-electron chi connectivity index (χ1n) is 10.8. The first kappa shape index (κ1) is 20.6. The topological polar surface area (TPSA) is 75.9 Å². The number of rotatable bonds is 5. The summed E-state index contributed by atoms with van der Waals surface area (Å²) in [6.07, 6.45) is 6.93. The number of piperidine rings is 1. The molecule has 2 heterocycles. The molecule has 3 aliphatic rings. The summed E-state index contributed by atoms with van der Waals surface area (Å²) in [4.78, 5) is 28.0. The first-order chi connectivity index (χ1) is 12.9. The quantitative estimate of drug-likeness (QED) is 0.793. The monoisotopic (exact) mass is 379 g/mol. The van der Waals surface area contributed by atoms with Crippen LogP contribution in [0.4, 0.5) is 0 Å². The molecule has 3 rings (SSSR count). The van der Waals surface area contributed by atoms with Crippen molar-refractivity contribution in [2.45, 2.75) is 77.5 Å². The van der Waals surface area contributed by atoms with Crippen molar-refractivity contribution in [3.63, 3.8) is 0 Å². The van der Waals surface area contributed by atoms with Gasteiger partial charge in [0.15, 0.2) is 0 Å². The Morgan fingerprint density at radius 1 is 1.11 bits per heavy atom. The van der Waals surface area contributed by atoms with E-state index in [1.54, 1.807) is 11.8 Å². The first-order valence-corrected chi connectivity index (χ1v) is 10.8. The second-order valence-corrected chi connectivity index (χ2v) is 9.14. The molecule has 2 atom stereocenters. The summed E-state index contributed by atoms with van der Waals surface area (Å²) in [6.45, 7) is 8.58. The standard InChI is InChI=1S/C21H37N3O3/c1-14(2)16-6-8-18(9-7-16)27-13-20-19(22)5-4-10-24(20)21(26)17-11-23(12-17)15(3)25/h14,16-20H,4-13,22H2,1-3H3. The number of amides is 2. The summed E-state index contributed by atoms with van der Waals surface area (Å²) in [5, 5.41) is 0. The van der Waals surface area contributed by atoms with Crippen LogP contribution in [-0.2, 0) is 14.3 Å². The van der Waals surface area contributed by atoms with E-state index in [0.717, 1.165) is 44.1 Å². The van der Waals surface area contributed by atoms with E-state index in [4.69, 9.17) is 10.5 Å². The molecule has 0 aromatic rings. The molecular weight excluding hydrogens is 342 g/mol. The zero-order valence-electron chi connectivity index (χ0n) is 17.2. The third-order valence-electron chi connectivity index (χ3n) is 6.95. The van der Waals surface area contributed by atoms with E-state index in [1.807, 2.05) is 4.90 Å². The fourth-order valence-corrected chi connectivity index (χ4v) is 4.86. The second-order valence-electron chi connectivity index (χ2n) is 9.14. The molecule has 0 aromatic carbocycles. The maximum Gasteiger partial charge on any atom is 0.229 e. The molecule has 0 radical (unpaired) electrons. The van der Waals surface area contributed by atoms with Crippen LogP contribution in [0.1, 0.15) is 59.3 Å². The number of hydrogen-bond acceptors (Lipinski definition) is 4. The number of nitrogens with zero attached hydrogens (tertiary/aromatic N) is 2. The Morgan fingerprint density at radius 2 is 1.78 bits per heavy atom. The Bertz CT molecular complexity index is 525. The molecule has 0 aromatic heterocycles. The van der Waals surface area contributed by atoms with E-state index in [9.17, 15) is 9.59 Å². The van der Waals surface area contributed by atoms with E-state index in [0.29, 0.717) is 25.8 Å². The summed E-state index contributed by atoms with van der Waals surface area (Å²) in [5.41, 5.74) is 6.38. The summed E-state index contributed by atoms with van der Waals surface area (Å²) < 4.78 is 6.25. The summed E-state index contributed by atoms with van der Waals surface area (Å²) in [5.74, 6) is 1.71. The minimum atomic E-state index is -0.0665. The van der Waals surface area contributed by atoms with Crippen molar-refractivity contribution < 1.29 is 14.3 Å². The fraction of sp³-hybridized carbons (Fsp3) is 0.905. The molecule has 6 heteroatoms. The Morgan fingerprint density at radius 3 is 2.37 bits per heavy atom. The molecule has 154 valence electrons. The average Bonchev–Trinajstić information content (AvgIpc) is 2.59. The van der Waals surface area contributed by atoms with Crippen molar-refractivity contribution in [2.24, 2.45) is 23.5 Å². The number of carbonyl (C=O) groups is 2. The van der Waals surface area contributed by atoms with Gasteiger partial charge in [-0.3, -0.25) is 9.59 Å². The summed E-state index contributed by atoms with van der Waals surface area (Å²) >= 11 is 0. The van der Waals surface area contributed by atoms with Gasteiger partial charge in [-0.05, 0) is 50.4 Å². The Hall–Kier alpha value is -1.14. The van der Waals surface area contributed by atoms with Gasteiger partial charge in [0.25, 0.3) is 0 Å². The average molecular weight is 380 g/mol. The molecule has 0 spiro atoms. The molecule has 2 aliphatic heterocycles. The number of likely N-dealkylation sites (tertiary alicyclic amines) is 2. The molecule has 3 fully saturated rings. The van der Waals surface area contributed by atoms with Crippen LogP contribution in [-0.4, -0.2) is 66.0 Å². The van der Waals surface area contributed by atoms with Gasteiger partial charge in [0.2, 0.25) is 11.8 Å². The molecule has 27 heavy (non-hydrogen) atoms. The van der Waals surface area contributed by atoms with Gasteiger partial charge in [0.1, 0.15) is 0 Å². The number of nitrogens with two attached hydrogens (primary N) is 1. The molecule has 0 bridgehead atoms. The van der Waals surface area contributed by atoms with Crippen molar-refractivity contribution in [2.75, 3.05) is 26.2 Å². The van der Waals surface area contributed by atoms with Crippen LogP contribution in [0.25, 0.3) is 0 Å². The highest BCUT2D eigenvalue weighted by Crippen LogP contribution is 2.32. The second kappa shape index (κ2) is 8.91. The fourth-order valence-electron chi connectivity index (χ4n) is 4.86. The zero-order valence-corrected chi connectivity index (χ0v) is 17.2. The van der Waals surface area contributed by atoms with Crippen LogP contribution in [0.2, 0.25) is 0 Å². The van der Waals surface area contributed by atoms with Crippen LogP contribution >= 0.6 is 0 Å². The maximum absolute atomic E-state index is 13.0. The molecule has 6 nitrogen and oxygen atoms in total. The van der Waals surface area contributed by atoms with Gasteiger partial charge in [-0.2, -0.15) is 0 Å². The molecule has 2 amide bonds. The van der Waals surface area contributed by atoms with Crippen molar-refractivity contribution in [1.82, 2.24) is 9.80 Å². The molecule has 2 unspecified atom stereocenters. The van der Waals surface area contributed by atoms with E-state index in [-0.39, 0.29) is 29.8 Å². The number of hydrogen-bond donors (Lipinski definition) is 1. The van der Waals surface area contributed by atoms with E-state index in [1.165, 1.54) is 12.8 Å². The normalized spacial score (nSPS) is 32.5. The van der Waals surface area contributed by atoms with E-state index >= 15 is 0 Å². The van der Waals surface area contributed by atoms with Crippen LogP contribution in [0.3, 0.4) is 0 Å². The van der Waals surface area contributed by atoms with Crippen molar-refractivity contribution >= 4 is 11.8 Å². The van der Waals surface area contributed by atoms with Crippen molar-refractivity contribution in [3.05, 3.63) is 0 Å². The van der Waals surface area contributed by atoms with E-state index < -0.39 is 0 Å².